The van der Waals surface area contributed by atoms with Gasteiger partial charge in [-0.2, -0.15) is 0 Å². The Labute approximate surface area is 178 Å². The van der Waals surface area contributed by atoms with E-state index in [0.29, 0.717) is 12.3 Å². The van der Waals surface area contributed by atoms with E-state index in [1.807, 2.05) is 0 Å². The second-order valence-corrected chi connectivity index (χ2v) is 7.04. The molecule has 2 fully saturated rings. The molecule has 1 aliphatic heterocycles. The van der Waals surface area contributed by atoms with E-state index in [1.165, 1.54) is 32.6 Å². The molecule has 1 saturated heterocycles. The van der Waals surface area contributed by atoms with Crippen LogP contribution in [0.2, 0.25) is 0 Å². The molecule has 30 heavy (non-hydrogen) atoms. The number of aliphatic hydroxyl groups is 3. The van der Waals surface area contributed by atoms with E-state index in [-0.39, 0.29) is 0 Å². The molecule has 0 radical (unpaired) electrons. The summed E-state index contributed by atoms with van der Waals surface area (Å²) in [5, 5.41) is 31.5. The van der Waals surface area contributed by atoms with Crippen molar-refractivity contribution in [3.8, 4) is 12.3 Å². The summed E-state index contributed by atoms with van der Waals surface area (Å²) in [4.78, 5) is 11.8. The first-order valence-electron chi connectivity index (χ1n) is 9.96. The van der Waals surface area contributed by atoms with Crippen LogP contribution in [-0.4, -0.2) is 59.2 Å². The predicted molar refractivity (Wildman–Crippen MR) is 113 cm³/mol. The second kappa shape index (κ2) is 14.0. The smallest absolute Gasteiger partial charge is 0.414 e. The van der Waals surface area contributed by atoms with Crippen molar-refractivity contribution in [2.75, 3.05) is 12.4 Å². The highest BCUT2D eigenvalue weighted by Gasteiger charge is 2.43. The number of ether oxygens (including phenoxy) is 3. The van der Waals surface area contributed by atoms with Crippen LogP contribution in [0, 0.1) is 12.3 Å². The number of amides is 1. The summed E-state index contributed by atoms with van der Waals surface area (Å²) in [5.41, 5.74) is 1.44. The first-order chi connectivity index (χ1) is 14.3. The van der Waals surface area contributed by atoms with Crippen LogP contribution in [-0.2, 0) is 20.8 Å². The summed E-state index contributed by atoms with van der Waals surface area (Å²) in [6.45, 7) is 3.62. The third-order valence-corrected chi connectivity index (χ3v) is 4.54. The average Bonchev–Trinajstić information content (AvgIpc) is 2.65. The molecule has 168 valence electrons. The molecular formula is C22H33NO7. The summed E-state index contributed by atoms with van der Waals surface area (Å²) in [6.07, 6.45) is 3.38. The molecular weight excluding hydrogens is 390 g/mol. The molecule has 2 aliphatic rings. The van der Waals surface area contributed by atoms with E-state index in [4.69, 9.17) is 14.2 Å². The number of carbonyl (C=O) groups excluding carboxylic acids is 1. The average molecular weight is 424 g/mol. The van der Waals surface area contributed by atoms with Gasteiger partial charge in [0.05, 0.1) is 12.7 Å². The van der Waals surface area contributed by atoms with Crippen molar-refractivity contribution >= 4 is 11.8 Å². The molecule has 8 heteroatoms. The lowest BCUT2D eigenvalue weighted by atomic mass is 10.0. The number of aliphatic hydroxyl groups excluding tert-OH is 3. The molecule has 0 spiro atoms. The predicted octanol–water partition coefficient (Wildman–Crippen LogP) is 2.41. The Bertz CT molecular complexity index is 650. The number of carbonyl (C=O) groups is 1. The van der Waals surface area contributed by atoms with Gasteiger partial charge >= 0.3 is 6.09 Å². The molecule has 1 aromatic rings. The van der Waals surface area contributed by atoms with Gasteiger partial charge in [-0.25, -0.2) is 4.79 Å². The summed E-state index contributed by atoms with van der Waals surface area (Å²) in [6, 6.07) is 6.92. The van der Waals surface area contributed by atoms with Crippen molar-refractivity contribution in [3.05, 3.63) is 29.8 Å². The van der Waals surface area contributed by atoms with Crippen LogP contribution in [0.1, 0.15) is 45.1 Å². The fraction of sp³-hybridized carbons (Fsp3) is 0.591. The lowest BCUT2D eigenvalue weighted by Crippen LogP contribution is -2.57. The maximum Gasteiger partial charge on any atom is 0.414 e. The van der Waals surface area contributed by atoms with Crippen LogP contribution < -0.4 is 5.32 Å². The maximum absolute atomic E-state index is 11.8. The van der Waals surface area contributed by atoms with Crippen molar-refractivity contribution in [2.24, 2.45) is 0 Å². The monoisotopic (exact) mass is 423 g/mol. The van der Waals surface area contributed by atoms with Gasteiger partial charge in [0.25, 0.3) is 0 Å². The molecule has 1 saturated carbocycles. The Balaban J connectivity index is 0.000000548. The van der Waals surface area contributed by atoms with Crippen LogP contribution in [0.4, 0.5) is 10.5 Å². The van der Waals surface area contributed by atoms with Crippen LogP contribution in [0.5, 0.6) is 0 Å². The third kappa shape index (κ3) is 8.69. The van der Waals surface area contributed by atoms with Gasteiger partial charge in [0.2, 0.25) is 6.29 Å². The number of methoxy groups -OCH3 is 1. The van der Waals surface area contributed by atoms with Gasteiger partial charge < -0.3 is 29.5 Å². The van der Waals surface area contributed by atoms with Gasteiger partial charge in [0.1, 0.15) is 18.3 Å². The third-order valence-electron chi connectivity index (χ3n) is 4.54. The van der Waals surface area contributed by atoms with Crippen molar-refractivity contribution in [1.29, 1.82) is 0 Å². The fourth-order valence-electron chi connectivity index (χ4n) is 2.46. The highest BCUT2D eigenvalue weighted by molar-refractivity contribution is 5.84. The fourth-order valence-corrected chi connectivity index (χ4v) is 2.46. The molecule has 0 bridgehead atoms. The number of terminal acetylenes is 1. The molecule has 1 aliphatic carbocycles. The van der Waals surface area contributed by atoms with Crippen LogP contribution in [0.25, 0.3) is 0 Å². The summed E-state index contributed by atoms with van der Waals surface area (Å²) in [7, 11) is 1.59. The van der Waals surface area contributed by atoms with Gasteiger partial charge in [-0.1, -0.05) is 37.8 Å². The van der Waals surface area contributed by atoms with Gasteiger partial charge in [0, 0.05) is 12.8 Å². The molecule has 1 heterocycles. The van der Waals surface area contributed by atoms with E-state index in [0.717, 1.165) is 5.56 Å². The second-order valence-electron chi connectivity index (χ2n) is 7.04. The van der Waals surface area contributed by atoms with Gasteiger partial charge in [-0.3, -0.25) is 5.32 Å². The zero-order chi connectivity index (χ0) is 22.5. The number of rotatable bonds is 4. The van der Waals surface area contributed by atoms with Crippen molar-refractivity contribution < 1.29 is 34.3 Å². The minimum atomic E-state index is -1.53. The zero-order valence-electron chi connectivity index (χ0n) is 17.8. The topological polar surface area (TPSA) is 117 Å². The van der Waals surface area contributed by atoms with E-state index >= 15 is 0 Å². The maximum atomic E-state index is 11.8. The van der Waals surface area contributed by atoms with E-state index in [1.54, 1.807) is 38.3 Å². The largest absolute Gasteiger partial charge is 0.416 e. The Morgan fingerprint density at radius 2 is 1.67 bits per heavy atom. The first kappa shape index (κ1) is 25.9. The van der Waals surface area contributed by atoms with Crippen LogP contribution >= 0.6 is 0 Å². The van der Waals surface area contributed by atoms with Crippen molar-refractivity contribution in [2.45, 2.75) is 76.8 Å². The lowest BCUT2D eigenvalue weighted by molar-refractivity contribution is -0.275. The zero-order valence-corrected chi connectivity index (χ0v) is 17.8. The van der Waals surface area contributed by atoms with Crippen molar-refractivity contribution in [1.82, 2.24) is 0 Å². The molecule has 1 amide bonds. The number of hydrogen-bond acceptors (Lipinski definition) is 7. The lowest BCUT2D eigenvalue weighted by Gasteiger charge is -2.38. The van der Waals surface area contributed by atoms with Crippen LogP contribution in [0.3, 0.4) is 0 Å². The summed E-state index contributed by atoms with van der Waals surface area (Å²) >= 11 is 0. The molecule has 1 aromatic carbocycles. The van der Waals surface area contributed by atoms with Gasteiger partial charge in [-0.05, 0) is 31.5 Å². The highest BCUT2D eigenvalue weighted by Crippen LogP contribution is 2.22. The Morgan fingerprint density at radius 3 is 2.13 bits per heavy atom. The highest BCUT2D eigenvalue weighted by atomic mass is 16.7. The van der Waals surface area contributed by atoms with Crippen molar-refractivity contribution in [3.63, 3.8) is 0 Å². The summed E-state index contributed by atoms with van der Waals surface area (Å²) < 4.78 is 15.1. The number of hydrogen-bond donors (Lipinski definition) is 4. The molecule has 3 rings (SSSR count). The molecule has 8 nitrogen and oxygen atoms in total. The van der Waals surface area contributed by atoms with Gasteiger partial charge in [0.15, 0.2) is 0 Å². The molecule has 0 aromatic heterocycles. The SMILES string of the molecule is C#CC.C1CCC1.COCc1ccc(NC(=O)OC2OC(C)C(O)C(O)C2O)cc1. The quantitative estimate of drug-likeness (QED) is 0.549. The number of nitrogens with one attached hydrogen (secondary N) is 1. The Kier molecular flexibility index (Phi) is 12.0. The number of benzene rings is 1. The number of anilines is 1. The van der Waals surface area contributed by atoms with E-state index in [9.17, 15) is 20.1 Å². The van der Waals surface area contributed by atoms with E-state index in [2.05, 4.69) is 17.7 Å². The minimum absolute atomic E-state index is 0.463. The first-order valence-corrected chi connectivity index (χ1v) is 9.96. The standard InChI is InChI=1S/C15H21NO7.C4H8.C3H4/c1-8-11(17)12(18)13(19)14(22-8)23-15(20)16-10-5-3-9(4-6-10)7-21-2;1-2-4-3-1;1-3-2/h3-6,8,11-14,17-19H,7H2,1-2H3,(H,16,20);1-4H2;1H,2H3. The molecule has 5 unspecified atom stereocenters. The normalized spacial score (nSPS) is 27.0. The Morgan fingerprint density at radius 1 is 1.13 bits per heavy atom. The summed E-state index contributed by atoms with van der Waals surface area (Å²) in [5.74, 6) is 2.25. The van der Waals surface area contributed by atoms with Crippen LogP contribution in [0.15, 0.2) is 24.3 Å². The van der Waals surface area contributed by atoms with Gasteiger partial charge in [-0.15, -0.1) is 12.3 Å². The minimum Gasteiger partial charge on any atom is -0.416 e. The molecule has 5 atom stereocenters. The Hall–Kier alpha value is -2.15. The van der Waals surface area contributed by atoms with E-state index < -0.39 is 36.8 Å². The molecule has 4 N–H and O–H groups in total.